The molecule has 0 bridgehead atoms. The van der Waals surface area contributed by atoms with Crippen molar-refractivity contribution in [3.8, 4) is 5.75 Å². The van der Waals surface area contributed by atoms with Crippen LogP contribution in [0.3, 0.4) is 0 Å². The number of carbonyl (C=O) groups excluding carboxylic acids is 1. The Balaban J connectivity index is 2.96. The van der Waals surface area contributed by atoms with Crippen molar-refractivity contribution in [2.75, 3.05) is 14.2 Å². The van der Waals surface area contributed by atoms with E-state index in [2.05, 4.69) is 4.74 Å². The average molecular weight is 267 g/mol. The van der Waals surface area contributed by atoms with Gasteiger partial charge in [0.2, 0.25) is 0 Å². The zero-order chi connectivity index (χ0) is 14.6. The van der Waals surface area contributed by atoms with Crippen LogP contribution in [-0.2, 0) is 9.53 Å². The highest BCUT2D eigenvalue weighted by atomic mass is 16.5. The van der Waals surface area contributed by atoms with Crippen molar-refractivity contribution in [2.45, 2.75) is 32.4 Å². The van der Waals surface area contributed by atoms with Gasteiger partial charge in [0.05, 0.1) is 26.7 Å². The molecule has 0 amide bonds. The first-order chi connectivity index (χ1) is 8.90. The van der Waals surface area contributed by atoms with Gasteiger partial charge in [-0.25, -0.2) is 0 Å². The second-order valence-electron chi connectivity index (χ2n) is 4.57. The molecular weight excluding hydrogens is 246 g/mol. The fourth-order valence-electron chi connectivity index (χ4n) is 1.97. The number of ether oxygens (including phenoxy) is 2. The van der Waals surface area contributed by atoms with Crippen LogP contribution in [0.1, 0.15) is 29.2 Å². The Kier molecular flexibility index (Phi) is 5.32. The van der Waals surface area contributed by atoms with Gasteiger partial charge in [0.15, 0.2) is 0 Å². The molecule has 0 heterocycles. The Hall–Kier alpha value is -1.59. The molecule has 106 valence electrons. The maximum atomic E-state index is 11.2. The van der Waals surface area contributed by atoms with Crippen molar-refractivity contribution in [3.63, 3.8) is 0 Å². The van der Waals surface area contributed by atoms with Crippen molar-refractivity contribution in [3.05, 3.63) is 28.8 Å². The summed E-state index contributed by atoms with van der Waals surface area (Å²) in [5, 5.41) is 10.2. The lowest BCUT2D eigenvalue weighted by Crippen LogP contribution is -2.31. The summed E-state index contributed by atoms with van der Waals surface area (Å²) in [7, 11) is 2.89. The summed E-state index contributed by atoms with van der Waals surface area (Å²) in [5.41, 5.74) is 8.32. The van der Waals surface area contributed by atoms with Crippen molar-refractivity contribution in [1.82, 2.24) is 0 Å². The number of hydrogen-bond acceptors (Lipinski definition) is 5. The third-order valence-corrected chi connectivity index (χ3v) is 3.14. The highest BCUT2D eigenvalue weighted by molar-refractivity contribution is 5.70. The zero-order valence-corrected chi connectivity index (χ0v) is 11.8. The minimum absolute atomic E-state index is 0.0256. The molecule has 0 aliphatic rings. The lowest BCUT2D eigenvalue weighted by molar-refractivity contribution is -0.141. The van der Waals surface area contributed by atoms with E-state index in [1.54, 1.807) is 7.11 Å². The Bertz CT molecular complexity index is 459. The molecule has 0 saturated heterocycles. The van der Waals surface area contributed by atoms with E-state index in [1.165, 1.54) is 7.11 Å². The van der Waals surface area contributed by atoms with Gasteiger partial charge in [0.1, 0.15) is 5.75 Å². The Morgan fingerprint density at radius 3 is 2.47 bits per heavy atom. The summed E-state index contributed by atoms with van der Waals surface area (Å²) < 4.78 is 9.76. The van der Waals surface area contributed by atoms with Gasteiger partial charge in [-0.3, -0.25) is 4.79 Å². The molecule has 0 aliphatic carbocycles. The van der Waals surface area contributed by atoms with Crippen LogP contribution in [0.2, 0.25) is 0 Å². The van der Waals surface area contributed by atoms with Gasteiger partial charge in [-0.05, 0) is 42.7 Å². The van der Waals surface area contributed by atoms with E-state index in [0.717, 1.165) is 16.9 Å². The maximum absolute atomic E-state index is 11.2. The molecule has 0 spiro atoms. The van der Waals surface area contributed by atoms with Gasteiger partial charge in [0.25, 0.3) is 0 Å². The predicted octanol–water partition coefficient (Wildman–Crippen LogP) is 1.24. The number of aryl methyl sites for hydroxylation is 2. The molecular formula is C14H21NO4. The number of esters is 1. The number of rotatable bonds is 5. The van der Waals surface area contributed by atoms with Crippen LogP contribution < -0.4 is 10.5 Å². The van der Waals surface area contributed by atoms with Crippen LogP contribution in [0.15, 0.2) is 12.1 Å². The fraction of sp³-hybridized carbons (Fsp3) is 0.500. The molecule has 0 fully saturated rings. The van der Waals surface area contributed by atoms with Gasteiger partial charge in [-0.1, -0.05) is 0 Å². The predicted molar refractivity (Wildman–Crippen MR) is 72.0 cm³/mol. The molecule has 0 saturated carbocycles. The van der Waals surface area contributed by atoms with Crippen LogP contribution in [0.4, 0.5) is 0 Å². The van der Waals surface area contributed by atoms with Crippen molar-refractivity contribution in [1.29, 1.82) is 0 Å². The SMILES string of the molecule is COC(=O)CC(N)C(O)c1cc(C)c(OC)cc1C. The van der Waals surface area contributed by atoms with E-state index in [0.29, 0.717) is 5.56 Å². The van der Waals surface area contributed by atoms with Crippen LogP contribution >= 0.6 is 0 Å². The number of nitrogens with two attached hydrogens (primary N) is 1. The number of benzene rings is 1. The molecule has 2 unspecified atom stereocenters. The number of carbonyl (C=O) groups is 1. The maximum Gasteiger partial charge on any atom is 0.307 e. The molecule has 19 heavy (non-hydrogen) atoms. The largest absolute Gasteiger partial charge is 0.496 e. The number of methoxy groups -OCH3 is 2. The highest BCUT2D eigenvalue weighted by Crippen LogP contribution is 2.28. The molecule has 2 atom stereocenters. The van der Waals surface area contributed by atoms with Crippen molar-refractivity contribution < 1.29 is 19.4 Å². The first kappa shape index (κ1) is 15.5. The van der Waals surface area contributed by atoms with Gasteiger partial charge in [0, 0.05) is 6.04 Å². The van der Waals surface area contributed by atoms with Crippen molar-refractivity contribution in [2.24, 2.45) is 5.73 Å². The standard InChI is InChI=1S/C14H21NO4/c1-8-6-12(18-3)9(2)5-10(8)14(17)11(15)7-13(16)19-4/h5-6,11,14,17H,7,15H2,1-4H3. The molecule has 1 aromatic carbocycles. The number of aliphatic hydroxyl groups excluding tert-OH is 1. The zero-order valence-electron chi connectivity index (χ0n) is 11.8. The smallest absolute Gasteiger partial charge is 0.307 e. The second-order valence-corrected chi connectivity index (χ2v) is 4.57. The Morgan fingerprint density at radius 2 is 1.95 bits per heavy atom. The average Bonchev–Trinajstić information content (AvgIpc) is 2.39. The van der Waals surface area contributed by atoms with Crippen LogP contribution in [0, 0.1) is 13.8 Å². The normalized spacial score (nSPS) is 13.8. The quantitative estimate of drug-likeness (QED) is 0.784. The lowest BCUT2D eigenvalue weighted by Gasteiger charge is -2.21. The molecule has 0 radical (unpaired) electrons. The monoisotopic (exact) mass is 267 g/mol. The van der Waals surface area contributed by atoms with Gasteiger partial charge in [-0.2, -0.15) is 0 Å². The van der Waals surface area contributed by atoms with E-state index < -0.39 is 18.1 Å². The van der Waals surface area contributed by atoms with Gasteiger partial charge < -0.3 is 20.3 Å². The van der Waals surface area contributed by atoms with E-state index in [1.807, 2.05) is 26.0 Å². The Labute approximate surface area is 113 Å². The summed E-state index contributed by atoms with van der Waals surface area (Å²) in [6, 6.07) is 2.98. The summed E-state index contributed by atoms with van der Waals surface area (Å²) in [4.78, 5) is 11.2. The van der Waals surface area contributed by atoms with E-state index in [-0.39, 0.29) is 6.42 Å². The lowest BCUT2D eigenvalue weighted by atomic mass is 9.94. The third kappa shape index (κ3) is 3.68. The molecule has 3 N–H and O–H groups in total. The minimum atomic E-state index is -0.913. The molecule has 5 heteroatoms. The first-order valence-corrected chi connectivity index (χ1v) is 6.06. The van der Waals surface area contributed by atoms with E-state index in [9.17, 15) is 9.90 Å². The number of hydrogen-bond donors (Lipinski definition) is 2. The van der Waals surface area contributed by atoms with Crippen LogP contribution in [0.5, 0.6) is 5.75 Å². The molecule has 1 aromatic rings. The molecule has 5 nitrogen and oxygen atoms in total. The van der Waals surface area contributed by atoms with E-state index in [4.69, 9.17) is 10.5 Å². The molecule has 1 rings (SSSR count). The summed E-state index contributed by atoms with van der Waals surface area (Å²) in [5.74, 6) is 0.324. The summed E-state index contributed by atoms with van der Waals surface area (Å²) in [6.07, 6.45) is -0.939. The summed E-state index contributed by atoms with van der Waals surface area (Å²) in [6.45, 7) is 3.76. The minimum Gasteiger partial charge on any atom is -0.496 e. The van der Waals surface area contributed by atoms with Gasteiger partial charge >= 0.3 is 5.97 Å². The highest BCUT2D eigenvalue weighted by Gasteiger charge is 2.22. The van der Waals surface area contributed by atoms with Crippen molar-refractivity contribution >= 4 is 5.97 Å². The first-order valence-electron chi connectivity index (χ1n) is 6.06. The van der Waals surface area contributed by atoms with Gasteiger partial charge in [-0.15, -0.1) is 0 Å². The molecule has 0 aliphatic heterocycles. The van der Waals surface area contributed by atoms with Crippen LogP contribution in [-0.4, -0.2) is 31.3 Å². The Morgan fingerprint density at radius 1 is 1.32 bits per heavy atom. The van der Waals surface area contributed by atoms with E-state index >= 15 is 0 Å². The van der Waals surface area contributed by atoms with Crippen LogP contribution in [0.25, 0.3) is 0 Å². The molecule has 0 aromatic heterocycles. The third-order valence-electron chi connectivity index (χ3n) is 3.14. The second kappa shape index (κ2) is 6.54. The fourth-order valence-corrected chi connectivity index (χ4v) is 1.97. The number of aliphatic hydroxyl groups is 1. The summed E-state index contributed by atoms with van der Waals surface area (Å²) >= 11 is 0. The topological polar surface area (TPSA) is 81.8 Å².